The normalized spacial score (nSPS) is 22.6. The first kappa shape index (κ1) is 19.6. The van der Waals surface area contributed by atoms with Gasteiger partial charge in [0.25, 0.3) is 5.91 Å². The first-order valence-corrected chi connectivity index (χ1v) is 9.82. The number of likely N-dealkylation sites (tertiary alicyclic amines) is 1. The van der Waals surface area contributed by atoms with Gasteiger partial charge in [-0.2, -0.15) is 0 Å². The Morgan fingerprint density at radius 1 is 1.11 bits per heavy atom. The number of fused-ring (bicyclic) bond motifs is 1. The summed E-state index contributed by atoms with van der Waals surface area (Å²) in [4.78, 5) is 25.7. The summed E-state index contributed by atoms with van der Waals surface area (Å²) in [6.07, 6.45) is 6.62. The molecule has 3 N–H and O–H groups in total. The van der Waals surface area contributed by atoms with Gasteiger partial charge in [0.2, 0.25) is 5.91 Å². The SMILES string of the molecule is O=C(CN1CCC2CCCCC2C1)NCCOc1ccc(C(=O)NO)cc1. The van der Waals surface area contributed by atoms with Crippen LogP contribution >= 0.6 is 0 Å². The molecule has 1 saturated carbocycles. The molecule has 148 valence electrons. The Balaban J connectivity index is 1.32. The monoisotopic (exact) mass is 375 g/mol. The molecule has 1 aliphatic heterocycles. The number of piperidine rings is 1. The fraction of sp³-hybridized carbons (Fsp3) is 0.600. The quantitative estimate of drug-likeness (QED) is 0.384. The summed E-state index contributed by atoms with van der Waals surface area (Å²) < 4.78 is 5.56. The zero-order valence-corrected chi connectivity index (χ0v) is 15.7. The molecule has 2 aliphatic rings. The lowest BCUT2D eigenvalue weighted by atomic mass is 9.75. The van der Waals surface area contributed by atoms with Crippen LogP contribution in [0.5, 0.6) is 5.75 Å². The topological polar surface area (TPSA) is 90.9 Å². The third-order valence-corrected chi connectivity index (χ3v) is 5.65. The second kappa shape index (κ2) is 9.71. The Labute approximate surface area is 160 Å². The molecule has 0 spiro atoms. The first-order chi connectivity index (χ1) is 13.2. The summed E-state index contributed by atoms with van der Waals surface area (Å²) in [5.41, 5.74) is 1.93. The molecular weight excluding hydrogens is 346 g/mol. The van der Waals surface area contributed by atoms with E-state index in [4.69, 9.17) is 9.94 Å². The average molecular weight is 375 g/mol. The van der Waals surface area contributed by atoms with E-state index in [1.165, 1.54) is 32.1 Å². The van der Waals surface area contributed by atoms with Crippen molar-refractivity contribution in [2.75, 3.05) is 32.8 Å². The summed E-state index contributed by atoms with van der Waals surface area (Å²) in [6, 6.07) is 6.43. The minimum absolute atomic E-state index is 0.0443. The van der Waals surface area contributed by atoms with E-state index in [0.717, 1.165) is 24.9 Å². The van der Waals surface area contributed by atoms with E-state index in [9.17, 15) is 9.59 Å². The van der Waals surface area contributed by atoms with Gasteiger partial charge in [-0.05, 0) is 55.5 Å². The number of hydrogen-bond donors (Lipinski definition) is 3. The molecule has 2 fully saturated rings. The predicted octanol–water partition coefficient (Wildman–Crippen LogP) is 1.81. The van der Waals surface area contributed by atoms with Crippen LogP contribution in [0.4, 0.5) is 0 Å². The largest absolute Gasteiger partial charge is 0.492 e. The maximum Gasteiger partial charge on any atom is 0.274 e. The summed E-state index contributed by atoms with van der Waals surface area (Å²) in [5, 5.41) is 11.5. The number of amides is 2. The zero-order chi connectivity index (χ0) is 19.1. The van der Waals surface area contributed by atoms with Crippen LogP contribution < -0.4 is 15.5 Å². The highest BCUT2D eigenvalue weighted by Gasteiger charge is 2.31. The van der Waals surface area contributed by atoms with Gasteiger partial charge in [0.15, 0.2) is 0 Å². The summed E-state index contributed by atoms with van der Waals surface area (Å²) in [5.74, 6) is 1.74. The maximum atomic E-state index is 12.2. The fourth-order valence-electron chi connectivity index (χ4n) is 4.21. The minimum Gasteiger partial charge on any atom is -0.492 e. The number of hydroxylamine groups is 1. The number of carbonyl (C=O) groups is 2. The van der Waals surface area contributed by atoms with Crippen LogP contribution in [-0.2, 0) is 4.79 Å². The van der Waals surface area contributed by atoms with Crippen LogP contribution in [0.15, 0.2) is 24.3 Å². The van der Waals surface area contributed by atoms with Gasteiger partial charge < -0.3 is 10.1 Å². The highest BCUT2D eigenvalue weighted by Crippen LogP contribution is 2.35. The average Bonchev–Trinajstić information content (AvgIpc) is 2.71. The zero-order valence-electron chi connectivity index (χ0n) is 15.7. The lowest BCUT2D eigenvalue weighted by Gasteiger charge is -2.41. The van der Waals surface area contributed by atoms with E-state index in [1.807, 2.05) is 0 Å². The van der Waals surface area contributed by atoms with Crippen molar-refractivity contribution in [2.45, 2.75) is 32.1 Å². The first-order valence-electron chi connectivity index (χ1n) is 9.82. The number of carbonyl (C=O) groups excluding carboxylic acids is 2. The van der Waals surface area contributed by atoms with E-state index >= 15 is 0 Å². The Morgan fingerprint density at radius 2 is 1.85 bits per heavy atom. The smallest absolute Gasteiger partial charge is 0.274 e. The molecule has 2 unspecified atom stereocenters. The number of nitrogens with one attached hydrogen (secondary N) is 2. The van der Waals surface area contributed by atoms with Crippen LogP contribution in [0, 0.1) is 11.8 Å². The molecule has 1 aromatic carbocycles. The summed E-state index contributed by atoms with van der Waals surface area (Å²) in [7, 11) is 0. The molecule has 1 heterocycles. The molecule has 2 atom stereocenters. The van der Waals surface area contributed by atoms with E-state index in [-0.39, 0.29) is 5.91 Å². The highest BCUT2D eigenvalue weighted by molar-refractivity contribution is 5.93. The molecule has 2 amide bonds. The standard InChI is InChI=1S/C20H29N3O4/c24-19(14-23-11-9-15-3-1-2-4-17(15)13-23)21-10-12-27-18-7-5-16(6-8-18)20(25)22-26/h5-8,15,17,26H,1-4,9-14H2,(H,21,24)(H,22,25). The van der Waals surface area contributed by atoms with Gasteiger partial charge in [-0.1, -0.05) is 19.3 Å². The van der Waals surface area contributed by atoms with E-state index in [1.54, 1.807) is 29.7 Å². The van der Waals surface area contributed by atoms with Crippen LogP contribution in [-0.4, -0.2) is 54.7 Å². The maximum absolute atomic E-state index is 12.2. The molecule has 0 radical (unpaired) electrons. The van der Waals surface area contributed by atoms with Crippen LogP contribution in [0.2, 0.25) is 0 Å². The van der Waals surface area contributed by atoms with Crippen LogP contribution in [0.1, 0.15) is 42.5 Å². The van der Waals surface area contributed by atoms with Crippen molar-refractivity contribution in [2.24, 2.45) is 11.8 Å². The second-order valence-corrected chi connectivity index (χ2v) is 7.49. The summed E-state index contributed by atoms with van der Waals surface area (Å²) in [6.45, 7) is 3.36. The van der Waals surface area contributed by atoms with Crippen molar-refractivity contribution >= 4 is 11.8 Å². The van der Waals surface area contributed by atoms with Crippen molar-refractivity contribution in [1.82, 2.24) is 15.7 Å². The number of nitrogens with zero attached hydrogens (tertiary/aromatic N) is 1. The van der Waals surface area contributed by atoms with Crippen LogP contribution in [0.25, 0.3) is 0 Å². The van der Waals surface area contributed by atoms with Gasteiger partial charge in [-0.25, -0.2) is 5.48 Å². The lowest BCUT2D eigenvalue weighted by molar-refractivity contribution is -0.123. The van der Waals surface area contributed by atoms with Crippen molar-refractivity contribution in [3.63, 3.8) is 0 Å². The van der Waals surface area contributed by atoms with Gasteiger partial charge in [0, 0.05) is 12.1 Å². The number of hydrogen-bond acceptors (Lipinski definition) is 5. The van der Waals surface area contributed by atoms with Gasteiger partial charge in [0.05, 0.1) is 13.1 Å². The Hall–Kier alpha value is -2.12. The van der Waals surface area contributed by atoms with Gasteiger partial charge >= 0.3 is 0 Å². The molecule has 0 bridgehead atoms. The van der Waals surface area contributed by atoms with Crippen molar-refractivity contribution in [3.05, 3.63) is 29.8 Å². The van der Waals surface area contributed by atoms with E-state index in [2.05, 4.69) is 10.2 Å². The predicted molar refractivity (Wildman–Crippen MR) is 101 cm³/mol. The number of rotatable bonds is 7. The minimum atomic E-state index is -0.564. The Bertz CT molecular complexity index is 635. The van der Waals surface area contributed by atoms with Crippen molar-refractivity contribution in [3.8, 4) is 5.75 Å². The molecule has 1 aliphatic carbocycles. The molecule has 7 heteroatoms. The van der Waals surface area contributed by atoms with Crippen molar-refractivity contribution in [1.29, 1.82) is 0 Å². The fourth-order valence-corrected chi connectivity index (χ4v) is 4.21. The second-order valence-electron chi connectivity index (χ2n) is 7.49. The van der Waals surface area contributed by atoms with Gasteiger partial charge in [-0.15, -0.1) is 0 Å². The highest BCUT2D eigenvalue weighted by atomic mass is 16.5. The third-order valence-electron chi connectivity index (χ3n) is 5.65. The molecule has 1 aromatic rings. The van der Waals surface area contributed by atoms with E-state index in [0.29, 0.717) is 31.0 Å². The molecule has 3 rings (SSSR count). The Kier molecular flexibility index (Phi) is 7.06. The van der Waals surface area contributed by atoms with Gasteiger partial charge in [0.1, 0.15) is 12.4 Å². The summed E-state index contributed by atoms with van der Waals surface area (Å²) >= 11 is 0. The lowest BCUT2D eigenvalue weighted by Crippen LogP contribution is -2.46. The van der Waals surface area contributed by atoms with Gasteiger partial charge in [-0.3, -0.25) is 19.7 Å². The number of benzene rings is 1. The molecule has 1 saturated heterocycles. The molecule has 27 heavy (non-hydrogen) atoms. The molecule has 0 aromatic heterocycles. The number of ether oxygens (including phenoxy) is 1. The molecule has 7 nitrogen and oxygen atoms in total. The van der Waals surface area contributed by atoms with Crippen molar-refractivity contribution < 1.29 is 19.5 Å². The third kappa shape index (κ3) is 5.68. The Morgan fingerprint density at radius 3 is 2.59 bits per heavy atom. The van der Waals surface area contributed by atoms with E-state index < -0.39 is 5.91 Å². The molecular formula is C20H29N3O4. The van der Waals surface area contributed by atoms with Crippen LogP contribution in [0.3, 0.4) is 0 Å².